The van der Waals surface area contributed by atoms with E-state index in [1.165, 1.54) is 0 Å². The van der Waals surface area contributed by atoms with Crippen LogP contribution in [0.5, 0.6) is 0 Å². The van der Waals surface area contributed by atoms with Crippen molar-refractivity contribution in [1.82, 2.24) is 4.57 Å². The highest BCUT2D eigenvalue weighted by molar-refractivity contribution is 6.30. The number of hydrogen-bond donors (Lipinski definition) is 1. The fraction of sp³-hybridized carbons (Fsp3) is 0.312. The molecule has 0 unspecified atom stereocenters. The van der Waals surface area contributed by atoms with E-state index in [-0.39, 0.29) is 12.3 Å². The van der Waals surface area contributed by atoms with Crippen LogP contribution in [0.15, 0.2) is 24.3 Å². The summed E-state index contributed by atoms with van der Waals surface area (Å²) in [6, 6.07) is 7.54. The fourth-order valence-corrected chi connectivity index (χ4v) is 2.46. The number of carbonyl (C=O) groups excluding carboxylic acids is 1. The van der Waals surface area contributed by atoms with Gasteiger partial charge in [-0.15, -0.1) is 0 Å². The van der Waals surface area contributed by atoms with E-state index >= 15 is 0 Å². The molecule has 0 amide bonds. The maximum Gasteiger partial charge on any atom is 0.183 e. The molecule has 0 radical (unpaired) electrons. The van der Waals surface area contributed by atoms with Crippen LogP contribution in [-0.4, -0.2) is 16.9 Å². The Morgan fingerprint density at radius 1 is 1.25 bits per heavy atom. The standard InChI is InChI=1S/C16H19ClN2O/c1-10-7-13(17)5-6-15(10)18-9-16(20)14-8-11(2)19(4)12(14)3/h5-8,18H,9H2,1-4H3. The molecule has 0 saturated carbocycles. The van der Waals surface area contributed by atoms with Gasteiger partial charge >= 0.3 is 0 Å². The number of carbonyl (C=O) groups is 1. The molecule has 1 aromatic carbocycles. The summed E-state index contributed by atoms with van der Waals surface area (Å²) in [4.78, 5) is 12.3. The lowest BCUT2D eigenvalue weighted by Crippen LogP contribution is -2.15. The number of halogens is 1. The Morgan fingerprint density at radius 2 is 1.95 bits per heavy atom. The lowest BCUT2D eigenvalue weighted by molar-refractivity contribution is 0.101. The molecule has 2 aromatic rings. The molecule has 0 saturated heterocycles. The van der Waals surface area contributed by atoms with E-state index in [0.29, 0.717) is 5.02 Å². The van der Waals surface area contributed by atoms with Gasteiger partial charge in [0, 0.05) is 34.7 Å². The minimum absolute atomic E-state index is 0.0977. The maximum atomic E-state index is 12.3. The van der Waals surface area contributed by atoms with Crippen molar-refractivity contribution in [2.45, 2.75) is 20.8 Å². The van der Waals surface area contributed by atoms with Crippen LogP contribution >= 0.6 is 11.6 Å². The first kappa shape index (κ1) is 14.7. The third-order valence-corrected chi connectivity index (χ3v) is 3.94. The first-order valence-corrected chi connectivity index (χ1v) is 6.94. The van der Waals surface area contributed by atoms with Gasteiger partial charge in [-0.1, -0.05) is 11.6 Å². The first-order valence-electron chi connectivity index (χ1n) is 6.56. The molecule has 1 N–H and O–H groups in total. The minimum atomic E-state index is 0.0977. The van der Waals surface area contributed by atoms with Gasteiger partial charge < -0.3 is 9.88 Å². The van der Waals surface area contributed by atoms with Gasteiger partial charge in [-0.3, -0.25) is 4.79 Å². The zero-order chi connectivity index (χ0) is 14.9. The fourth-order valence-electron chi connectivity index (χ4n) is 2.23. The van der Waals surface area contributed by atoms with E-state index in [2.05, 4.69) is 5.32 Å². The van der Waals surface area contributed by atoms with Crippen molar-refractivity contribution < 1.29 is 4.79 Å². The van der Waals surface area contributed by atoms with E-state index in [9.17, 15) is 4.79 Å². The summed E-state index contributed by atoms with van der Waals surface area (Å²) in [6.45, 7) is 6.22. The highest BCUT2D eigenvalue weighted by Crippen LogP contribution is 2.20. The van der Waals surface area contributed by atoms with Crippen molar-refractivity contribution in [2.24, 2.45) is 7.05 Å². The highest BCUT2D eigenvalue weighted by Gasteiger charge is 2.13. The van der Waals surface area contributed by atoms with Crippen LogP contribution < -0.4 is 5.32 Å². The summed E-state index contributed by atoms with van der Waals surface area (Å²) in [5.41, 5.74) is 4.85. The lowest BCUT2D eigenvalue weighted by Gasteiger charge is -2.09. The third kappa shape index (κ3) is 2.88. The van der Waals surface area contributed by atoms with E-state index in [4.69, 9.17) is 11.6 Å². The topological polar surface area (TPSA) is 34.0 Å². The summed E-state index contributed by atoms with van der Waals surface area (Å²) in [5, 5.41) is 3.88. The van der Waals surface area contributed by atoms with Gasteiger partial charge in [-0.25, -0.2) is 0 Å². The molecule has 4 heteroatoms. The van der Waals surface area contributed by atoms with Crippen molar-refractivity contribution in [3.63, 3.8) is 0 Å². The molecule has 0 aliphatic heterocycles. The van der Waals surface area contributed by atoms with Gasteiger partial charge in [-0.2, -0.15) is 0 Å². The molecule has 2 rings (SSSR count). The third-order valence-electron chi connectivity index (χ3n) is 3.70. The van der Waals surface area contributed by atoms with Gasteiger partial charge in [0.25, 0.3) is 0 Å². The molecule has 0 fully saturated rings. The predicted octanol–water partition coefficient (Wildman–Crippen LogP) is 3.90. The van der Waals surface area contributed by atoms with E-state index < -0.39 is 0 Å². The number of rotatable bonds is 4. The molecule has 0 atom stereocenters. The predicted molar refractivity (Wildman–Crippen MR) is 83.9 cm³/mol. The number of hydrogen-bond acceptors (Lipinski definition) is 2. The van der Waals surface area contributed by atoms with Crippen LogP contribution in [0.3, 0.4) is 0 Å². The molecule has 1 heterocycles. The van der Waals surface area contributed by atoms with Crippen LogP contribution in [-0.2, 0) is 7.05 Å². The molecule has 0 spiro atoms. The van der Waals surface area contributed by atoms with Crippen LogP contribution in [0.25, 0.3) is 0 Å². The lowest BCUT2D eigenvalue weighted by atomic mass is 10.1. The van der Waals surface area contributed by atoms with Crippen molar-refractivity contribution in [3.8, 4) is 0 Å². The normalized spacial score (nSPS) is 10.7. The molecule has 106 valence electrons. The number of ketones is 1. The molecule has 3 nitrogen and oxygen atoms in total. The Morgan fingerprint density at radius 3 is 2.50 bits per heavy atom. The number of nitrogens with one attached hydrogen (secondary N) is 1. The van der Waals surface area contributed by atoms with E-state index in [1.807, 2.05) is 56.7 Å². The molecule has 0 bridgehead atoms. The van der Waals surface area contributed by atoms with E-state index in [1.54, 1.807) is 0 Å². The number of Topliss-reactive ketones (excluding diaryl/α,β-unsaturated/α-hetero) is 1. The Bertz CT molecular complexity index is 659. The van der Waals surface area contributed by atoms with Crippen LogP contribution in [0.1, 0.15) is 27.3 Å². The van der Waals surface area contributed by atoms with Crippen molar-refractivity contribution in [1.29, 1.82) is 0 Å². The van der Waals surface area contributed by atoms with Crippen molar-refractivity contribution in [2.75, 3.05) is 11.9 Å². The molecule has 20 heavy (non-hydrogen) atoms. The number of anilines is 1. The van der Waals surface area contributed by atoms with Gasteiger partial charge in [0.15, 0.2) is 5.78 Å². The summed E-state index contributed by atoms with van der Waals surface area (Å²) < 4.78 is 2.03. The summed E-state index contributed by atoms with van der Waals surface area (Å²) >= 11 is 5.92. The minimum Gasteiger partial charge on any atom is -0.377 e. The van der Waals surface area contributed by atoms with Crippen LogP contribution in [0, 0.1) is 20.8 Å². The Labute approximate surface area is 124 Å². The van der Waals surface area contributed by atoms with Crippen molar-refractivity contribution in [3.05, 3.63) is 51.8 Å². The molecular formula is C16H19ClN2O. The monoisotopic (exact) mass is 290 g/mol. The van der Waals surface area contributed by atoms with Gasteiger partial charge in [0.05, 0.1) is 6.54 Å². The quantitative estimate of drug-likeness (QED) is 0.867. The average Bonchev–Trinajstić information content (AvgIpc) is 2.65. The summed E-state index contributed by atoms with van der Waals surface area (Å²) in [7, 11) is 1.97. The van der Waals surface area contributed by atoms with Crippen LogP contribution in [0.4, 0.5) is 5.69 Å². The van der Waals surface area contributed by atoms with Gasteiger partial charge in [-0.05, 0) is 50.6 Å². The SMILES string of the molecule is Cc1cc(Cl)ccc1NCC(=O)c1cc(C)n(C)c1C. The van der Waals surface area contributed by atoms with Crippen LogP contribution in [0.2, 0.25) is 5.02 Å². The molecular weight excluding hydrogens is 272 g/mol. The zero-order valence-corrected chi connectivity index (χ0v) is 13.0. The number of aryl methyl sites for hydroxylation is 2. The first-order chi connectivity index (χ1) is 9.40. The van der Waals surface area contributed by atoms with Gasteiger partial charge in [0.1, 0.15) is 0 Å². The number of aromatic nitrogens is 1. The number of nitrogens with zero attached hydrogens (tertiary/aromatic N) is 1. The average molecular weight is 291 g/mol. The second kappa shape index (κ2) is 5.71. The van der Waals surface area contributed by atoms with Crippen molar-refractivity contribution >= 4 is 23.1 Å². The zero-order valence-electron chi connectivity index (χ0n) is 12.2. The second-order valence-corrected chi connectivity index (χ2v) is 5.52. The largest absolute Gasteiger partial charge is 0.377 e. The molecule has 0 aliphatic carbocycles. The Hall–Kier alpha value is -1.74. The van der Waals surface area contributed by atoms with E-state index in [0.717, 1.165) is 28.2 Å². The second-order valence-electron chi connectivity index (χ2n) is 5.08. The maximum absolute atomic E-state index is 12.3. The Kier molecular flexibility index (Phi) is 4.19. The summed E-state index contributed by atoms with van der Waals surface area (Å²) in [6.07, 6.45) is 0. The summed E-state index contributed by atoms with van der Waals surface area (Å²) in [5.74, 6) is 0.0977. The highest BCUT2D eigenvalue weighted by atomic mass is 35.5. The Balaban J connectivity index is 2.10. The molecule has 1 aromatic heterocycles. The van der Waals surface area contributed by atoms with Gasteiger partial charge in [0.2, 0.25) is 0 Å². The molecule has 0 aliphatic rings. The number of benzene rings is 1. The smallest absolute Gasteiger partial charge is 0.183 e.